The summed E-state index contributed by atoms with van der Waals surface area (Å²) in [5.74, 6) is -0.148. The van der Waals surface area contributed by atoms with Crippen LogP contribution >= 0.6 is 0 Å². The quantitative estimate of drug-likeness (QED) is 0.718. The number of hydrogen-bond donors (Lipinski definition) is 3. The maximum Gasteiger partial charge on any atom is 0.225 e. The summed E-state index contributed by atoms with van der Waals surface area (Å²) in [4.78, 5) is 22.4. The first-order chi connectivity index (χ1) is 10.5. The molecule has 0 aliphatic rings. The lowest BCUT2D eigenvalue weighted by Gasteiger charge is -2.03. The van der Waals surface area contributed by atoms with Gasteiger partial charge < -0.3 is 16.8 Å². The number of rotatable bonds is 3. The van der Waals surface area contributed by atoms with Crippen LogP contribution < -0.4 is 16.8 Å². The Labute approximate surface area is 126 Å². The highest BCUT2D eigenvalue weighted by Gasteiger charge is 2.08. The van der Waals surface area contributed by atoms with Gasteiger partial charge in [0, 0.05) is 12.6 Å². The van der Waals surface area contributed by atoms with E-state index < -0.39 is 0 Å². The van der Waals surface area contributed by atoms with Gasteiger partial charge in [0.1, 0.15) is 6.07 Å². The van der Waals surface area contributed by atoms with Crippen molar-refractivity contribution in [1.29, 1.82) is 5.26 Å². The number of carbonyl (C=O) groups excluding carboxylic acids is 1. The van der Waals surface area contributed by atoms with E-state index >= 15 is 0 Å². The van der Waals surface area contributed by atoms with E-state index in [1.165, 1.54) is 6.92 Å². The van der Waals surface area contributed by atoms with Crippen molar-refractivity contribution in [3.63, 3.8) is 0 Å². The third-order valence-corrected chi connectivity index (χ3v) is 2.57. The zero-order chi connectivity index (χ0) is 16.1. The second kappa shape index (κ2) is 6.32. The number of amides is 1. The first-order valence-electron chi connectivity index (χ1n) is 6.25. The molecule has 0 unspecified atom stereocenters. The van der Waals surface area contributed by atoms with Crippen LogP contribution in [0.25, 0.3) is 11.6 Å². The number of aromatic nitrogens is 3. The number of nitrogens with zero attached hydrogens (tertiary/aromatic N) is 4. The molecule has 2 rings (SSSR count). The van der Waals surface area contributed by atoms with E-state index in [0.29, 0.717) is 5.69 Å². The SMILES string of the molecule is CC(=O)Nc1ccc(C=C(C#N)c2nc(N)nc(N)n2)cc1. The summed E-state index contributed by atoms with van der Waals surface area (Å²) < 4.78 is 0. The van der Waals surface area contributed by atoms with Gasteiger partial charge in [-0.1, -0.05) is 12.1 Å². The van der Waals surface area contributed by atoms with Crippen LogP contribution in [0.3, 0.4) is 0 Å². The van der Waals surface area contributed by atoms with Crippen molar-refractivity contribution in [3.05, 3.63) is 35.7 Å². The predicted octanol–water partition coefficient (Wildman–Crippen LogP) is 1.06. The van der Waals surface area contributed by atoms with E-state index in [-0.39, 0.29) is 29.2 Å². The Morgan fingerprint density at radius 2 is 1.77 bits per heavy atom. The maximum absolute atomic E-state index is 11.0. The van der Waals surface area contributed by atoms with Crippen molar-refractivity contribution >= 4 is 35.1 Å². The standard InChI is InChI=1S/C14H13N7O/c1-8(22)18-11-4-2-9(3-5-11)6-10(7-15)12-19-13(16)21-14(17)20-12/h2-6H,1H3,(H,18,22)(H4,16,17,19,20,21). The molecule has 1 heterocycles. The van der Waals surface area contributed by atoms with Gasteiger partial charge in [0.05, 0.1) is 5.57 Å². The van der Waals surface area contributed by atoms with E-state index in [2.05, 4.69) is 20.3 Å². The maximum atomic E-state index is 11.0. The summed E-state index contributed by atoms with van der Waals surface area (Å²) in [5.41, 5.74) is 12.6. The minimum Gasteiger partial charge on any atom is -0.368 e. The monoisotopic (exact) mass is 295 g/mol. The zero-order valence-electron chi connectivity index (χ0n) is 11.7. The molecule has 110 valence electrons. The van der Waals surface area contributed by atoms with E-state index in [9.17, 15) is 10.1 Å². The van der Waals surface area contributed by atoms with Gasteiger partial charge in [-0.15, -0.1) is 0 Å². The molecule has 5 N–H and O–H groups in total. The lowest BCUT2D eigenvalue weighted by molar-refractivity contribution is -0.114. The number of benzene rings is 1. The zero-order valence-corrected chi connectivity index (χ0v) is 11.7. The van der Waals surface area contributed by atoms with Gasteiger partial charge in [-0.2, -0.15) is 20.2 Å². The average Bonchev–Trinajstić information content (AvgIpc) is 2.44. The molecule has 22 heavy (non-hydrogen) atoms. The van der Waals surface area contributed by atoms with Crippen molar-refractivity contribution in [2.75, 3.05) is 16.8 Å². The molecular weight excluding hydrogens is 282 g/mol. The highest BCUT2D eigenvalue weighted by Crippen LogP contribution is 2.17. The summed E-state index contributed by atoms with van der Waals surface area (Å²) in [6, 6.07) is 8.93. The number of nitrogens with two attached hydrogens (primary N) is 2. The van der Waals surface area contributed by atoms with Gasteiger partial charge in [-0.3, -0.25) is 4.79 Å². The molecule has 8 nitrogen and oxygen atoms in total. The molecule has 8 heteroatoms. The number of nitrogens with one attached hydrogen (secondary N) is 1. The molecule has 1 aromatic heterocycles. The average molecular weight is 295 g/mol. The van der Waals surface area contributed by atoms with E-state index in [0.717, 1.165) is 5.56 Å². The summed E-state index contributed by atoms with van der Waals surface area (Å²) >= 11 is 0. The topological polar surface area (TPSA) is 144 Å². The van der Waals surface area contributed by atoms with Crippen LogP contribution in [0.5, 0.6) is 0 Å². The number of nitrogen functional groups attached to an aromatic ring is 2. The lowest BCUT2D eigenvalue weighted by Crippen LogP contribution is -2.06. The third kappa shape index (κ3) is 3.77. The van der Waals surface area contributed by atoms with Crippen LogP contribution in [0.1, 0.15) is 18.3 Å². The van der Waals surface area contributed by atoms with Gasteiger partial charge in [0.25, 0.3) is 0 Å². The Morgan fingerprint density at radius 1 is 1.18 bits per heavy atom. The van der Waals surface area contributed by atoms with Crippen LogP contribution in [0.15, 0.2) is 24.3 Å². The fourth-order valence-electron chi connectivity index (χ4n) is 1.71. The van der Waals surface area contributed by atoms with Crippen LogP contribution in [0.4, 0.5) is 17.6 Å². The highest BCUT2D eigenvalue weighted by atomic mass is 16.1. The Kier molecular flexibility index (Phi) is 4.29. The Hall–Kier alpha value is -3.47. The van der Waals surface area contributed by atoms with Gasteiger partial charge in [-0.05, 0) is 23.8 Å². The number of carbonyl (C=O) groups is 1. The van der Waals surface area contributed by atoms with Crippen LogP contribution in [-0.2, 0) is 4.79 Å². The normalized spacial score (nSPS) is 10.8. The van der Waals surface area contributed by atoms with Crippen LogP contribution in [-0.4, -0.2) is 20.9 Å². The summed E-state index contributed by atoms with van der Waals surface area (Å²) in [6.45, 7) is 1.43. The first-order valence-corrected chi connectivity index (χ1v) is 6.25. The van der Waals surface area contributed by atoms with Crippen molar-refractivity contribution in [2.45, 2.75) is 6.92 Å². The van der Waals surface area contributed by atoms with Gasteiger partial charge >= 0.3 is 0 Å². The number of hydrogen-bond acceptors (Lipinski definition) is 7. The minimum absolute atomic E-state index is 0.0512. The number of allylic oxidation sites excluding steroid dienone is 1. The molecule has 0 radical (unpaired) electrons. The van der Waals surface area contributed by atoms with Crippen molar-refractivity contribution < 1.29 is 4.79 Å². The summed E-state index contributed by atoms with van der Waals surface area (Å²) in [5, 5.41) is 11.9. The Balaban J connectivity index is 2.32. The van der Waals surface area contributed by atoms with Gasteiger partial charge in [0.2, 0.25) is 17.8 Å². The molecule has 0 aliphatic carbocycles. The highest BCUT2D eigenvalue weighted by molar-refractivity contribution is 5.90. The molecule has 1 aromatic carbocycles. The number of nitriles is 1. The summed E-state index contributed by atoms with van der Waals surface area (Å²) in [6.07, 6.45) is 1.59. The first kappa shape index (κ1) is 14.9. The Morgan fingerprint density at radius 3 is 2.27 bits per heavy atom. The molecular formula is C14H13N7O. The largest absolute Gasteiger partial charge is 0.368 e. The van der Waals surface area contributed by atoms with Crippen molar-refractivity contribution in [3.8, 4) is 6.07 Å². The number of anilines is 3. The van der Waals surface area contributed by atoms with E-state index in [4.69, 9.17) is 11.5 Å². The fourth-order valence-corrected chi connectivity index (χ4v) is 1.71. The van der Waals surface area contributed by atoms with Crippen molar-refractivity contribution in [1.82, 2.24) is 15.0 Å². The molecule has 0 spiro atoms. The van der Waals surface area contributed by atoms with Crippen LogP contribution in [0, 0.1) is 11.3 Å². The van der Waals surface area contributed by atoms with Crippen LogP contribution in [0.2, 0.25) is 0 Å². The molecule has 0 saturated carbocycles. The van der Waals surface area contributed by atoms with E-state index in [1.807, 2.05) is 6.07 Å². The van der Waals surface area contributed by atoms with Gasteiger partial charge in [0.15, 0.2) is 5.82 Å². The molecule has 0 bridgehead atoms. The molecule has 0 saturated heterocycles. The van der Waals surface area contributed by atoms with Gasteiger partial charge in [-0.25, -0.2) is 0 Å². The molecule has 2 aromatic rings. The van der Waals surface area contributed by atoms with Crippen molar-refractivity contribution in [2.24, 2.45) is 0 Å². The second-order valence-corrected chi connectivity index (χ2v) is 4.35. The molecule has 0 atom stereocenters. The predicted molar refractivity (Wildman–Crippen MR) is 82.9 cm³/mol. The minimum atomic E-state index is -0.155. The Bertz CT molecular complexity index is 755. The smallest absolute Gasteiger partial charge is 0.225 e. The van der Waals surface area contributed by atoms with E-state index in [1.54, 1.807) is 30.3 Å². The lowest BCUT2D eigenvalue weighted by atomic mass is 10.1. The summed E-state index contributed by atoms with van der Waals surface area (Å²) in [7, 11) is 0. The molecule has 0 aliphatic heterocycles. The second-order valence-electron chi connectivity index (χ2n) is 4.35. The fraction of sp³-hybridized carbons (Fsp3) is 0.0714. The molecule has 0 fully saturated rings. The third-order valence-electron chi connectivity index (χ3n) is 2.57. The molecule has 1 amide bonds.